The summed E-state index contributed by atoms with van der Waals surface area (Å²) in [6.45, 7) is 22.5. The fourth-order valence-electron chi connectivity index (χ4n) is 5.82. The number of nitrogens with zero attached hydrogens (tertiary/aromatic N) is 1. The molecule has 0 saturated carbocycles. The quantitative estimate of drug-likeness (QED) is 0.166. The molecule has 3 aliphatic rings. The summed E-state index contributed by atoms with van der Waals surface area (Å²) in [6, 6.07) is 26.2. The van der Waals surface area contributed by atoms with Crippen LogP contribution in [0.25, 0.3) is 0 Å². The van der Waals surface area contributed by atoms with E-state index in [-0.39, 0.29) is 11.5 Å². The summed E-state index contributed by atoms with van der Waals surface area (Å²) < 4.78 is 0. The molecular weight excluding hydrogens is 613 g/mol. The molecule has 0 aromatic heterocycles. The van der Waals surface area contributed by atoms with Gasteiger partial charge in [0.25, 0.3) is 0 Å². The zero-order valence-electron chi connectivity index (χ0n) is 33.3. The van der Waals surface area contributed by atoms with Gasteiger partial charge < -0.3 is 5.73 Å². The van der Waals surface area contributed by atoms with Crippen LogP contribution in [0.4, 0.5) is 0 Å². The van der Waals surface area contributed by atoms with E-state index in [0.717, 1.165) is 51.5 Å². The van der Waals surface area contributed by atoms with Crippen LogP contribution in [-0.4, -0.2) is 18.0 Å². The van der Waals surface area contributed by atoms with E-state index in [0.29, 0.717) is 6.42 Å². The fraction of sp³-hybridized carbons (Fsp3) is 0.478. The lowest BCUT2D eigenvalue weighted by Gasteiger charge is -2.18. The minimum atomic E-state index is -0.288. The minimum Gasteiger partial charge on any atom is -0.330 e. The average molecular weight is 681 g/mol. The summed E-state index contributed by atoms with van der Waals surface area (Å²) in [7, 11) is 0. The molecule has 4 nitrogen and oxygen atoms in total. The molecule has 6 rings (SSSR count). The standard InChI is InChI=1S/3C12H14.C4H9NO2.C4H11N.C2H6/c3*1-9-7-11-5-3-4-6-12(11)8-10(9)2;1-2-3-4-5(6)7;1-2-3-4-5;1-2/h3*3-6H,7-8H2,1-2H3;2-4H2,1H3;2-5H2,1H3;1-2H3. The van der Waals surface area contributed by atoms with Crippen molar-refractivity contribution in [1.82, 2.24) is 0 Å². The molecule has 0 aliphatic heterocycles. The van der Waals surface area contributed by atoms with Crippen molar-refractivity contribution in [2.45, 2.75) is 133 Å². The van der Waals surface area contributed by atoms with E-state index in [2.05, 4.69) is 121 Å². The molecule has 3 aromatic carbocycles. The van der Waals surface area contributed by atoms with Crippen LogP contribution in [0.15, 0.2) is 106 Å². The molecule has 2 N–H and O–H groups in total. The number of hydrogen-bond acceptors (Lipinski definition) is 3. The second-order valence-electron chi connectivity index (χ2n) is 13.6. The van der Waals surface area contributed by atoms with E-state index >= 15 is 0 Å². The number of hydrogen-bond donors (Lipinski definition) is 1. The van der Waals surface area contributed by atoms with Crippen LogP contribution in [0.3, 0.4) is 0 Å². The van der Waals surface area contributed by atoms with Crippen molar-refractivity contribution in [3.05, 3.63) is 150 Å². The number of nitro groups is 1. The van der Waals surface area contributed by atoms with Crippen molar-refractivity contribution in [3.63, 3.8) is 0 Å². The Morgan fingerprint density at radius 2 is 0.720 bits per heavy atom. The Bertz CT molecular complexity index is 1280. The summed E-state index contributed by atoms with van der Waals surface area (Å²) in [5, 5.41) is 9.56. The molecular formula is C46H68N2O2. The van der Waals surface area contributed by atoms with E-state index in [1.54, 1.807) is 33.4 Å². The largest absolute Gasteiger partial charge is 0.330 e. The molecule has 4 heteroatoms. The van der Waals surface area contributed by atoms with Crippen molar-refractivity contribution in [2.24, 2.45) is 5.73 Å². The van der Waals surface area contributed by atoms with Gasteiger partial charge in [0.2, 0.25) is 6.54 Å². The maximum atomic E-state index is 9.56. The van der Waals surface area contributed by atoms with E-state index in [9.17, 15) is 10.1 Å². The van der Waals surface area contributed by atoms with Gasteiger partial charge >= 0.3 is 0 Å². The van der Waals surface area contributed by atoms with E-state index in [1.165, 1.54) is 46.2 Å². The molecule has 0 bridgehead atoms. The van der Waals surface area contributed by atoms with Crippen LogP contribution >= 0.6 is 0 Å². The van der Waals surface area contributed by atoms with Gasteiger partial charge in [-0.05, 0) is 133 Å². The third kappa shape index (κ3) is 16.3. The third-order valence-electron chi connectivity index (χ3n) is 9.53. The Morgan fingerprint density at radius 1 is 0.500 bits per heavy atom. The van der Waals surface area contributed by atoms with Crippen molar-refractivity contribution in [2.75, 3.05) is 13.1 Å². The lowest BCUT2D eigenvalue weighted by molar-refractivity contribution is -0.480. The number of unbranched alkanes of at least 4 members (excludes halogenated alkanes) is 2. The first-order valence-corrected chi connectivity index (χ1v) is 19.0. The third-order valence-corrected chi connectivity index (χ3v) is 9.53. The molecule has 0 saturated heterocycles. The molecule has 0 unspecified atom stereocenters. The Kier molecular flexibility index (Phi) is 22.3. The van der Waals surface area contributed by atoms with Gasteiger partial charge in [0.1, 0.15) is 0 Å². The van der Waals surface area contributed by atoms with Crippen LogP contribution in [-0.2, 0) is 38.5 Å². The molecule has 0 fully saturated rings. The highest BCUT2D eigenvalue weighted by molar-refractivity contribution is 5.41. The second kappa shape index (κ2) is 25.2. The molecule has 0 heterocycles. The normalized spacial score (nSPS) is 13.8. The highest BCUT2D eigenvalue weighted by Gasteiger charge is 2.12. The van der Waals surface area contributed by atoms with E-state index in [4.69, 9.17) is 5.73 Å². The Morgan fingerprint density at radius 3 is 0.840 bits per heavy atom. The summed E-state index contributed by atoms with van der Waals surface area (Å²) in [6.07, 6.45) is 10.9. The minimum absolute atomic E-state index is 0.122. The molecule has 0 amide bonds. The first-order chi connectivity index (χ1) is 24.0. The van der Waals surface area contributed by atoms with Crippen molar-refractivity contribution in [1.29, 1.82) is 0 Å². The summed E-state index contributed by atoms with van der Waals surface area (Å²) in [5.41, 5.74) is 23.5. The van der Waals surface area contributed by atoms with E-state index in [1.807, 2.05) is 20.8 Å². The van der Waals surface area contributed by atoms with E-state index < -0.39 is 0 Å². The molecule has 0 spiro atoms. The van der Waals surface area contributed by atoms with Crippen LogP contribution in [0.1, 0.15) is 128 Å². The van der Waals surface area contributed by atoms with Gasteiger partial charge in [0.15, 0.2) is 0 Å². The summed E-state index contributed by atoms with van der Waals surface area (Å²) in [4.78, 5) is 9.28. The highest BCUT2D eigenvalue weighted by Crippen LogP contribution is 2.27. The Balaban J connectivity index is 0.000000319. The van der Waals surface area contributed by atoms with Crippen molar-refractivity contribution >= 4 is 0 Å². The van der Waals surface area contributed by atoms with Crippen LogP contribution in [0, 0.1) is 10.1 Å². The average Bonchev–Trinajstić information content (AvgIpc) is 3.11. The molecule has 50 heavy (non-hydrogen) atoms. The van der Waals surface area contributed by atoms with Crippen molar-refractivity contribution in [3.8, 4) is 0 Å². The van der Waals surface area contributed by atoms with Gasteiger partial charge in [-0.3, -0.25) is 10.1 Å². The van der Waals surface area contributed by atoms with Gasteiger partial charge in [-0.2, -0.15) is 0 Å². The number of fused-ring (bicyclic) bond motifs is 3. The molecule has 3 aliphatic carbocycles. The first kappa shape index (κ1) is 44.3. The van der Waals surface area contributed by atoms with Crippen molar-refractivity contribution < 1.29 is 4.92 Å². The van der Waals surface area contributed by atoms with Gasteiger partial charge in [-0.25, -0.2) is 0 Å². The number of nitrogens with two attached hydrogens (primary N) is 1. The first-order valence-electron chi connectivity index (χ1n) is 19.0. The Labute approximate surface area is 306 Å². The van der Waals surface area contributed by atoms with Gasteiger partial charge in [0, 0.05) is 11.3 Å². The van der Waals surface area contributed by atoms with Gasteiger partial charge in [0.05, 0.1) is 0 Å². The number of allylic oxidation sites excluding steroid dienone is 6. The highest BCUT2D eigenvalue weighted by atomic mass is 16.6. The Hall–Kier alpha value is -3.76. The predicted molar refractivity (Wildman–Crippen MR) is 219 cm³/mol. The maximum Gasteiger partial charge on any atom is 0.203 e. The number of benzene rings is 3. The molecule has 274 valence electrons. The SMILES string of the molecule is CC.CC1=C(C)Cc2ccccc2C1.CC1=C(C)Cc2ccccc2C1.CC1=C(C)Cc2ccccc2C1.CCCCN.CCCC[N+](=O)[O-]. The lowest BCUT2D eigenvalue weighted by Crippen LogP contribution is -2.04. The molecule has 0 atom stereocenters. The second-order valence-corrected chi connectivity index (χ2v) is 13.6. The fourth-order valence-corrected chi connectivity index (χ4v) is 5.82. The van der Waals surface area contributed by atoms with Crippen LogP contribution in [0.2, 0.25) is 0 Å². The molecule has 0 radical (unpaired) electrons. The smallest absolute Gasteiger partial charge is 0.203 e. The zero-order chi connectivity index (χ0) is 37.5. The topological polar surface area (TPSA) is 69.2 Å². The zero-order valence-corrected chi connectivity index (χ0v) is 33.3. The van der Waals surface area contributed by atoms with Crippen LogP contribution in [0.5, 0.6) is 0 Å². The predicted octanol–water partition coefficient (Wildman–Crippen LogP) is 12.2. The summed E-state index contributed by atoms with van der Waals surface area (Å²) >= 11 is 0. The van der Waals surface area contributed by atoms with Gasteiger partial charge in [-0.1, -0.05) is 140 Å². The summed E-state index contributed by atoms with van der Waals surface area (Å²) in [5.74, 6) is 0. The monoisotopic (exact) mass is 681 g/mol. The lowest BCUT2D eigenvalue weighted by atomic mass is 9.88. The van der Waals surface area contributed by atoms with Crippen LogP contribution < -0.4 is 5.73 Å². The van der Waals surface area contributed by atoms with Gasteiger partial charge in [-0.15, -0.1) is 0 Å². The maximum absolute atomic E-state index is 9.56. The number of rotatable bonds is 5. The molecule has 3 aromatic rings.